The van der Waals surface area contributed by atoms with Gasteiger partial charge in [-0.25, -0.2) is 13.2 Å². The predicted molar refractivity (Wildman–Crippen MR) is 71.3 cm³/mol. The Morgan fingerprint density at radius 1 is 1.05 bits per heavy atom. The predicted octanol–water partition coefficient (Wildman–Crippen LogP) is 2.70. The summed E-state index contributed by atoms with van der Waals surface area (Å²) in [5.41, 5.74) is 5.55. The number of anilines is 2. The van der Waals surface area contributed by atoms with Crippen LogP contribution in [0.15, 0.2) is 36.4 Å². The van der Waals surface area contributed by atoms with Crippen molar-refractivity contribution >= 4 is 17.3 Å². The second-order valence-corrected chi connectivity index (χ2v) is 4.15. The first-order valence-corrected chi connectivity index (χ1v) is 5.88. The van der Waals surface area contributed by atoms with Crippen molar-refractivity contribution < 1.29 is 22.7 Å². The molecule has 2 rings (SSSR count). The van der Waals surface area contributed by atoms with E-state index in [1.165, 1.54) is 18.2 Å². The van der Waals surface area contributed by atoms with Gasteiger partial charge in [-0.2, -0.15) is 0 Å². The van der Waals surface area contributed by atoms with Crippen LogP contribution in [0, 0.1) is 17.5 Å². The zero-order valence-electron chi connectivity index (χ0n) is 10.7. The fourth-order valence-corrected chi connectivity index (χ4v) is 1.53. The first-order valence-electron chi connectivity index (χ1n) is 5.88. The van der Waals surface area contributed by atoms with Crippen LogP contribution < -0.4 is 15.8 Å². The van der Waals surface area contributed by atoms with Gasteiger partial charge in [0.1, 0.15) is 11.6 Å². The molecule has 110 valence electrons. The Morgan fingerprint density at radius 3 is 2.43 bits per heavy atom. The standard InChI is InChI=1S/C14H11F3N2O2/c15-10-4-2-9(6-12(10)17)21-7-14(20)19-8-1-3-11(16)13(18)5-8/h1-6H,7,18H2,(H,19,20). The van der Waals surface area contributed by atoms with E-state index in [9.17, 15) is 18.0 Å². The SMILES string of the molecule is Nc1cc(NC(=O)COc2ccc(F)c(F)c2)ccc1F. The van der Waals surface area contributed by atoms with Crippen LogP contribution in [0.25, 0.3) is 0 Å². The van der Waals surface area contributed by atoms with Crippen molar-refractivity contribution in [1.29, 1.82) is 0 Å². The summed E-state index contributed by atoms with van der Waals surface area (Å²) < 4.78 is 43.6. The number of amides is 1. The average molecular weight is 296 g/mol. The lowest BCUT2D eigenvalue weighted by Crippen LogP contribution is -2.20. The Kier molecular flexibility index (Phi) is 4.32. The number of carbonyl (C=O) groups excluding carboxylic acids is 1. The van der Waals surface area contributed by atoms with Crippen molar-refractivity contribution in [3.05, 3.63) is 53.8 Å². The van der Waals surface area contributed by atoms with Gasteiger partial charge >= 0.3 is 0 Å². The number of ether oxygens (including phenoxy) is 1. The second-order valence-electron chi connectivity index (χ2n) is 4.15. The summed E-state index contributed by atoms with van der Waals surface area (Å²) in [6.45, 7) is -0.414. The number of nitrogens with one attached hydrogen (secondary N) is 1. The largest absolute Gasteiger partial charge is 0.484 e. The summed E-state index contributed by atoms with van der Waals surface area (Å²) in [4.78, 5) is 11.6. The van der Waals surface area contributed by atoms with Gasteiger partial charge in [0, 0.05) is 11.8 Å². The molecule has 0 atom stereocenters. The van der Waals surface area contributed by atoms with Crippen molar-refractivity contribution in [3.8, 4) is 5.75 Å². The van der Waals surface area contributed by atoms with Gasteiger partial charge in [0.2, 0.25) is 0 Å². The third-order valence-electron chi connectivity index (χ3n) is 2.54. The van der Waals surface area contributed by atoms with Crippen molar-refractivity contribution in [2.24, 2.45) is 0 Å². The summed E-state index contributed by atoms with van der Waals surface area (Å²) in [6.07, 6.45) is 0. The number of nitrogen functional groups attached to an aromatic ring is 1. The monoisotopic (exact) mass is 296 g/mol. The van der Waals surface area contributed by atoms with E-state index in [4.69, 9.17) is 10.5 Å². The highest BCUT2D eigenvalue weighted by molar-refractivity contribution is 5.92. The molecule has 0 heterocycles. The van der Waals surface area contributed by atoms with Gasteiger partial charge in [-0.1, -0.05) is 0 Å². The Bertz CT molecular complexity index is 677. The molecule has 0 fully saturated rings. The molecule has 0 unspecified atom stereocenters. The fourth-order valence-electron chi connectivity index (χ4n) is 1.53. The van der Waals surface area contributed by atoms with Gasteiger partial charge in [0.15, 0.2) is 18.2 Å². The molecule has 0 saturated heterocycles. The highest BCUT2D eigenvalue weighted by Crippen LogP contribution is 2.17. The molecule has 7 heteroatoms. The van der Waals surface area contributed by atoms with Crippen LogP contribution in [-0.2, 0) is 4.79 Å². The molecule has 4 nitrogen and oxygen atoms in total. The number of carbonyl (C=O) groups is 1. The van der Waals surface area contributed by atoms with Gasteiger partial charge in [-0.15, -0.1) is 0 Å². The zero-order valence-corrected chi connectivity index (χ0v) is 10.7. The van der Waals surface area contributed by atoms with Crippen molar-refractivity contribution in [2.45, 2.75) is 0 Å². The molecule has 0 aliphatic heterocycles. The van der Waals surface area contributed by atoms with Gasteiger partial charge in [-0.05, 0) is 30.3 Å². The van der Waals surface area contributed by atoms with E-state index >= 15 is 0 Å². The van der Waals surface area contributed by atoms with Crippen LogP contribution >= 0.6 is 0 Å². The summed E-state index contributed by atoms with van der Waals surface area (Å²) >= 11 is 0. The molecule has 0 saturated carbocycles. The topological polar surface area (TPSA) is 64.3 Å². The van der Waals surface area contributed by atoms with Crippen molar-refractivity contribution in [1.82, 2.24) is 0 Å². The van der Waals surface area contributed by atoms with Gasteiger partial charge in [0.25, 0.3) is 5.91 Å². The Balaban J connectivity index is 1.92. The smallest absolute Gasteiger partial charge is 0.262 e. The molecule has 3 N–H and O–H groups in total. The number of halogens is 3. The molecular weight excluding hydrogens is 285 g/mol. The summed E-state index contributed by atoms with van der Waals surface area (Å²) in [7, 11) is 0. The number of hydrogen-bond donors (Lipinski definition) is 2. The van der Waals surface area contributed by atoms with Gasteiger partial charge < -0.3 is 15.8 Å². The summed E-state index contributed by atoms with van der Waals surface area (Å²) in [6, 6.07) is 6.62. The number of hydrogen-bond acceptors (Lipinski definition) is 3. The molecule has 2 aromatic carbocycles. The maximum Gasteiger partial charge on any atom is 0.262 e. The third-order valence-corrected chi connectivity index (χ3v) is 2.54. The molecule has 21 heavy (non-hydrogen) atoms. The van der Waals surface area contributed by atoms with Gasteiger partial charge in [-0.3, -0.25) is 4.79 Å². The minimum atomic E-state index is -1.07. The molecule has 0 aromatic heterocycles. The second kappa shape index (κ2) is 6.17. The van der Waals surface area contributed by atoms with Crippen LogP contribution in [-0.4, -0.2) is 12.5 Å². The van der Waals surface area contributed by atoms with E-state index < -0.39 is 30.0 Å². The molecule has 0 aliphatic carbocycles. The van der Waals surface area contributed by atoms with E-state index in [2.05, 4.69) is 5.32 Å². The molecular formula is C14H11F3N2O2. The van der Waals surface area contributed by atoms with E-state index in [1.54, 1.807) is 0 Å². The van der Waals surface area contributed by atoms with Crippen LogP contribution in [0.1, 0.15) is 0 Å². The van der Waals surface area contributed by atoms with Crippen LogP contribution in [0.4, 0.5) is 24.5 Å². The summed E-state index contributed by atoms with van der Waals surface area (Å²) in [5.74, 6) is -3.20. The molecule has 0 spiro atoms. The Morgan fingerprint density at radius 2 is 1.76 bits per heavy atom. The minimum absolute atomic E-state index is 0.0164. The average Bonchev–Trinajstić information content (AvgIpc) is 2.44. The number of benzene rings is 2. The quantitative estimate of drug-likeness (QED) is 0.853. The summed E-state index contributed by atoms with van der Waals surface area (Å²) in [5, 5.41) is 2.43. The third kappa shape index (κ3) is 3.88. The molecule has 0 radical (unpaired) electrons. The van der Waals surface area contributed by atoms with E-state index in [0.717, 1.165) is 18.2 Å². The lowest BCUT2D eigenvalue weighted by atomic mass is 10.2. The van der Waals surface area contributed by atoms with E-state index in [1.807, 2.05) is 0 Å². The first kappa shape index (κ1) is 14.7. The Hall–Kier alpha value is -2.70. The normalized spacial score (nSPS) is 10.2. The van der Waals surface area contributed by atoms with Crippen molar-refractivity contribution in [3.63, 3.8) is 0 Å². The first-order chi connectivity index (χ1) is 9.95. The highest BCUT2D eigenvalue weighted by Gasteiger charge is 2.07. The molecule has 0 bridgehead atoms. The van der Waals surface area contributed by atoms with Crippen LogP contribution in [0.2, 0.25) is 0 Å². The van der Waals surface area contributed by atoms with Crippen LogP contribution in [0.5, 0.6) is 5.75 Å². The minimum Gasteiger partial charge on any atom is -0.484 e. The van der Waals surface area contributed by atoms with E-state index in [-0.39, 0.29) is 11.4 Å². The van der Waals surface area contributed by atoms with E-state index in [0.29, 0.717) is 5.69 Å². The zero-order chi connectivity index (χ0) is 15.4. The maximum absolute atomic E-state index is 12.9. The number of nitrogens with two attached hydrogens (primary N) is 1. The highest BCUT2D eigenvalue weighted by atomic mass is 19.2. The van der Waals surface area contributed by atoms with Gasteiger partial charge in [0.05, 0.1) is 5.69 Å². The van der Waals surface area contributed by atoms with Crippen molar-refractivity contribution in [2.75, 3.05) is 17.7 Å². The molecule has 1 amide bonds. The fraction of sp³-hybridized carbons (Fsp3) is 0.0714. The Labute approximate surface area is 118 Å². The molecule has 2 aromatic rings. The lowest BCUT2D eigenvalue weighted by molar-refractivity contribution is -0.118. The number of rotatable bonds is 4. The van der Waals surface area contributed by atoms with Crippen LogP contribution in [0.3, 0.4) is 0 Å². The maximum atomic E-state index is 12.9. The molecule has 0 aliphatic rings. The lowest BCUT2D eigenvalue weighted by Gasteiger charge is -2.08.